The number of nitrogens with one attached hydrogen (secondary N) is 1. The number of fused-ring (bicyclic) bond motifs is 1. The number of anilines is 2. The van der Waals surface area contributed by atoms with Crippen LogP contribution in [0.2, 0.25) is 0 Å². The maximum atomic E-state index is 6.05. The van der Waals surface area contributed by atoms with E-state index in [1.54, 1.807) is 24.8 Å². The minimum Gasteiger partial charge on any atom is -0.383 e. The molecule has 1 aliphatic carbocycles. The molecule has 0 aromatic carbocycles. The average Bonchev–Trinajstić information content (AvgIpc) is 2.68. The van der Waals surface area contributed by atoms with Crippen molar-refractivity contribution in [1.29, 1.82) is 0 Å². The summed E-state index contributed by atoms with van der Waals surface area (Å²) < 4.78 is 5.81. The zero-order valence-corrected chi connectivity index (χ0v) is 15.1. The van der Waals surface area contributed by atoms with Gasteiger partial charge in [0.15, 0.2) is 0 Å². The molecule has 2 aliphatic rings. The molecule has 3 aromatic heterocycles. The molecule has 27 heavy (non-hydrogen) atoms. The monoisotopic (exact) mass is 362 g/mol. The van der Waals surface area contributed by atoms with Gasteiger partial charge in [0.25, 0.3) is 0 Å². The van der Waals surface area contributed by atoms with Crippen molar-refractivity contribution in [3.8, 4) is 11.1 Å². The predicted molar refractivity (Wildman–Crippen MR) is 104 cm³/mol. The first-order valence-electron chi connectivity index (χ1n) is 9.45. The normalized spacial score (nSPS) is 24.7. The number of aromatic nitrogens is 4. The van der Waals surface area contributed by atoms with Gasteiger partial charge in [0, 0.05) is 36.4 Å². The second kappa shape index (κ2) is 6.42. The third-order valence-electron chi connectivity index (χ3n) is 5.84. The van der Waals surface area contributed by atoms with E-state index in [2.05, 4.69) is 20.3 Å². The van der Waals surface area contributed by atoms with Crippen LogP contribution >= 0.6 is 0 Å². The first kappa shape index (κ1) is 16.4. The first-order valence-corrected chi connectivity index (χ1v) is 9.45. The zero-order chi connectivity index (χ0) is 18.3. The highest BCUT2D eigenvalue weighted by Gasteiger charge is 2.41. The Morgan fingerprint density at radius 3 is 2.56 bits per heavy atom. The highest BCUT2D eigenvalue weighted by atomic mass is 16.5. The summed E-state index contributed by atoms with van der Waals surface area (Å²) in [5.41, 5.74) is 8.96. The van der Waals surface area contributed by atoms with Crippen molar-refractivity contribution in [2.75, 3.05) is 17.7 Å². The van der Waals surface area contributed by atoms with E-state index < -0.39 is 0 Å². The van der Waals surface area contributed by atoms with Crippen LogP contribution in [-0.2, 0) is 4.74 Å². The van der Waals surface area contributed by atoms with Crippen LogP contribution in [0.5, 0.6) is 0 Å². The van der Waals surface area contributed by atoms with Crippen LogP contribution < -0.4 is 11.1 Å². The highest BCUT2D eigenvalue weighted by Crippen LogP contribution is 2.41. The van der Waals surface area contributed by atoms with E-state index in [1.807, 2.05) is 12.1 Å². The lowest BCUT2D eigenvalue weighted by Crippen LogP contribution is -2.48. The summed E-state index contributed by atoms with van der Waals surface area (Å²) in [4.78, 5) is 17.7. The van der Waals surface area contributed by atoms with E-state index >= 15 is 0 Å². The Labute approximate surface area is 157 Å². The molecule has 7 nitrogen and oxygen atoms in total. The Morgan fingerprint density at radius 2 is 1.85 bits per heavy atom. The Kier molecular flexibility index (Phi) is 3.89. The van der Waals surface area contributed by atoms with Crippen LogP contribution in [-0.4, -0.2) is 38.2 Å². The molecule has 138 valence electrons. The van der Waals surface area contributed by atoms with Gasteiger partial charge in [-0.1, -0.05) is 0 Å². The minimum absolute atomic E-state index is 0.164. The molecule has 0 atom stereocenters. The fraction of sp³-hybridized carbons (Fsp3) is 0.400. The maximum absolute atomic E-state index is 6.05. The number of rotatable bonds is 3. The van der Waals surface area contributed by atoms with Crippen molar-refractivity contribution in [3.63, 3.8) is 0 Å². The van der Waals surface area contributed by atoms with Gasteiger partial charge in [-0.3, -0.25) is 4.98 Å². The van der Waals surface area contributed by atoms with E-state index in [0.717, 1.165) is 54.3 Å². The van der Waals surface area contributed by atoms with Crippen LogP contribution in [0.15, 0.2) is 36.9 Å². The van der Waals surface area contributed by atoms with Gasteiger partial charge < -0.3 is 15.8 Å². The van der Waals surface area contributed by atoms with Crippen molar-refractivity contribution in [2.45, 2.75) is 43.7 Å². The summed E-state index contributed by atoms with van der Waals surface area (Å²) in [7, 11) is 0. The Morgan fingerprint density at radius 1 is 1.07 bits per heavy atom. The van der Waals surface area contributed by atoms with Gasteiger partial charge in [-0.05, 0) is 49.8 Å². The van der Waals surface area contributed by atoms with Gasteiger partial charge in [0.05, 0.1) is 23.1 Å². The summed E-state index contributed by atoms with van der Waals surface area (Å²) >= 11 is 0. The van der Waals surface area contributed by atoms with Crippen molar-refractivity contribution < 1.29 is 4.74 Å². The standard InChI is InChI=1S/C20H22N6O/c21-18-16-12-24-19(25-14-1-5-20(6-2-14)7-10-27-20)26-17(16)15(11-23-18)13-3-8-22-9-4-13/h3-4,8-9,11-12,14H,1-2,5-7,10H2,(H2,21,23)(H,24,25,26). The summed E-state index contributed by atoms with van der Waals surface area (Å²) in [6, 6.07) is 4.27. The predicted octanol–water partition coefficient (Wildman–Crippen LogP) is 3.18. The molecule has 1 saturated carbocycles. The van der Waals surface area contributed by atoms with Gasteiger partial charge in [0.2, 0.25) is 5.95 Å². The molecule has 3 N–H and O–H groups in total. The Balaban J connectivity index is 1.44. The van der Waals surface area contributed by atoms with Crippen molar-refractivity contribution in [1.82, 2.24) is 19.9 Å². The van der Waals surface area contributed by atoms with Crippen LogP contribution in [0.1, 0.15) is 32.1 Å². The lowest BCUT2D eigenvalue weighted by molar-refractivity contribution is -0.165. The third kappa shape index (κ3) is 2.98. The zero-order valence-electron chi connectivity index (χ0n) is 15.1. The molecule has 0 bridgehead atoms. The Hall–Kier alpha value is -2.80. The van der Waals surface area contributed by atoms with E-state index in [4.69, 9.17) is 15.5 Å². The molecule has 0 amide bonds. The molecular formula is C20H22N6O. The fourth-order valence-electron chi connectivity index (χ4n) is 4.11. The van der Waals surface area contributed by atoms with Crippen molar-refractivity contribution in [2.24, 2.45) is 0 Å². The number of nitrogen functional groups attached to an aromatic ring is 1. The lowest BCUT2D eigenvalue weighted by Gasteiger charge is -2.46. The summed E-state index contributed by atoms with van der Waals surface area (Å²) in [6.07, 6.45) is 12.6. The summed E-state index contributed by atoms with van der Waals surface area (Å²) in [5, 5.41) is 4.27. The number of hydrogen-bond donors (Lipinski definition) is 2. The SMILES string of the molecule is Nc1ncc(-c2ccncc2)c2nc(NC3CCC4(CCO4)CC3)ncc12. The third-order valence-corrected chi connectivity index (χ3v) is 5.84. The van der Waals surface area contributed by atoms with Crippen LogP contribution in [0, 0.1) is 0 Å². The molecule has 1 spiro atoms. The van der Waals surface area contributed by atoms with Gasteiger partial charge in [-0.15, -0.1) is 0 Å². The van der Waals surface area contributed by atoms with Gasteiger partial charge in [0.1, 0.15) is 5.82 Å². The molecular weight excluding hydrogens is 340 g/mol. The quantitative estimate of drug-likeness (QED) is 0.738. The first-order chi connectivity index (χ1) is 13.2. The summed E-state index contributed by atoms with van der Waals surface area (Å²) in [5.74, 6) is 1.08. The van der Waals surface area contributed by atoms with Crippen LogP contribution in [0.4, 0.5) is 11.8 Å². The molecule has 2 fully saturated rings. The topological polar surface area (TPSA) is 98.8 Å². The molecule has 5 rings (SSSR count). The van der Waals surface area contributed by atoms with E-state index in [9.17, 15) is 0 Å². The molecule has 0 radical (unpaired) electrons. The second-order valence-electron chi connectivity index (χ2n) is 7.45. The Bertz CT molecular complexity index is 963. The number of hydrogen-bond acceptors (Lipinski definition) is 7. The lowest BCUT2D eigenvalue weighted by atomic mass is 9.77. The van der Waals surface area contributed by atoms with Crippen molar-refractivity contribution >= 4 is 22.7 Å². The largest absolute Gasteiger partial charge is 0.383 e. The smallest absolute Gasteiger partial charge is 0.223 e. The van der Waals surface area contributed by atoms with Crippen molar-refractivity contribution in [3.05, 3.63) is 36.9 Å². The number of ether oxygens (including phenoxy) is 1. The maximum Gasteiger partial charge on any atom is 0.223 e. The second-order valence-corrected chi connectivity index (χ2v) is 7.45. The molecule has 3 aromatic rings. The average molecular weight is 362 g/mol. The van der Waals surface area contributed by atoms with Crippen LogP contribution in [0.3, 0.4) is 0 Å². The minimum atomic E-state index is 0.164. The molecule has 1 aliphatic heterocycles. The molecule has 0 unspecified atom stereocenters. The van der Waals surface area contributed by atoms with E-state index in [-0.39, 0.29) is 5.60 Å². The van der Waals surface area contributed by atoms with Crippen LogP contribution in [0.25, 0.3) is 22.0 Å². The summed E-state index contributed by atoms with van der Waals surface area (Å²) in [6.45, 7) is 0.916. The number of pyridine rings is 2. The molecule has 1 saturated heterocycles. The van der Waals surface area contributed by atoms with Gasteiger partial charge in [-0.25, -0.2) is 15.0 Å². The van der Waals surface area contributed by atoms with E-state index in [0.29, 0.717) is 17.8 Å². The van der Waals surface area contributed by atoms with Gasteiger partial charge >= 0.3 is 0 Å². The fourth-order valence-corrected chi connectivity index (χ4v) is 4.11. The van der Waals surface area contributed by atoms with Gasteiger partial charge in [-0.2, -0.15) is 0 Å². The molecule has 4 heterocycles. The number of nitrogens with two attached hydrogens (primary N) is 1. The highest BCUT2D eigenvalue weighted by molar-refractivity contribution is 5.98. The molecule has 7 heteroatoms. The number of nitrogens with zero attached hydrogens (tertiary/aromatic N) is 4. The van der Waals surface area contributed by atoms with E-state index in [1.165, 1.54) is 6.42 Å².